The summed E-state index contributed by atoms with van der Waals surface area (Å²) in [4.78, 5) is 6.66. The first-order valence-electron chi connectivity index (χ1n) is 5.34. The normalized spacial score (nSPS) is 12.6. The second-order valence-electron chi connectivity index (χ2n) is 3.84. The summed E-state index contributed by atoms with van der Waals surface area (Å²) >= 11 is 6.94. The molecule has 1 rings (SSSR count). The van der Waals surface area contributed by atoms with Crippen LogP contribution in [0, 0.1) is 5.92 Å². The molecule has 0 aliphatic carbocycles. The molecule has 1 aromatic rings. The fourth-order valence-electron chi connectivity index (χ4n) is 1.46. The Labute approximate surface area is 114 Å². The van der Waals surface area contributed by atoms with Crippen molar-refractivity contribution in [1.29, 1.82) is 0 Å². The lowest BCUT2D eigenvalue weighted by Crippen LogP contribution is -2.32. The molecule has 0 saturated heterocycles. The molecule has 0 amide bonds. The molecule has 0 spiro atoms. The second kappa shape index (κ2) is 6.57. The number of hydrogen-bond acceptors (Lipinski definition) is 3. The van der Waals surface area contributed by atoms with Gasteiger partial charge in [-0.1, -0.05) is 6.92 Å². The maximum atomic E-state index is 5.65. The average molecular weight is 351 g/mol. The summed E-state index contributed by atoms with van der Waals surface area (Å²) in [5, 5.41) is 0. The van der Waals surface area contributed by atoms with Crippen molar-refractivity contribution < 1.29 is 0 Å². The Balaban J connectivity index is 2.86. The number of aromatic nitrogens is 1. The van der Waals surface area contributed by atoms with Crippen molar-refractivity contribution >= 4 is 37.7 Å². The zero-order chi connectivity index (χ0) is 12.1. The van der Waals surface area contributed by atoms with Gasteiger partial charge in [0.25, 0.3) is 0 Å². The summed E-state index contributed by atoms with van der Waals surface area (Å²) < 4.78 is 1.99. The first kappa shape index (κ1) is 13.9. The average Bonchev–Trinajstić information content (AvgIpc) is 2.26. The number of hydrogen-bond donors (Lipinski definition) is 1. The zero-order valence-corrected chi connectivity index (χ0v) is 12.8. The van der Waals surface area contributed by atoms with Crippen LogP contribution in [-0.2, 0) is 0 Å². The van der Waals surface area contributed by atoms with Gasteiger partial charge in [-0.3, -0.25) is 0 Å². The van der Waals surface area contributed by atoms with Gasteiger partial charge in [-0.2, -0.15) is 0 Å². The van der Waals surface area contributed by atoms with Crippen LogP contribution in [-0.4, -0.2) is 24.6 Å². The van der Waals surface area contributed by atoms with Crippen molar-refractivity contribution in [3.05, 3.63) is 21.2 Å². The number of anilines is 1. The van der Waals surface area contributed by atoms with Crippen LogP contribution < -0.4 is 10.6 Å². The summed E-state index contributed by atoms with van der Waals surface area (Å²) in [5.74, 6) is 1.45. The van der Waals surface area contributed by atoms with Crippen molar-refractivity contribution in [3.8, 4) is 0 Å². The monoisotopic (exact) mass is 349 g/mol. The highest BCUT2D eigenvalue weighted by Gasteiger charge is 2.12. The second-order valence-corrected chi connectivity index (χ2v) is 5.61. The van der Waals surface area contributed by atoms with E-state index in [1.807, 2.05) is 12.3 Å². The summed E-state index contributed by atoms with van der Waals surface area (Å²) in [5.41, 5.74) is 5.65. The SMILES string of the molecule is CCN(CC(C)CN)c1ncc(Br)cc1Br. The third-order valence-electron chi connectivity index (χ3n) is 2.40. The minimum atomic E-state index is 0.470. The van der Waals surface area contributed by atoms with E-state index in [1.54, 1.807) is 0 Å². The molecule has 16 heavy (non-hydrogen) atoms. The fourth-order valence-corrected chi connectivity index (χ4v) is 2.69. The number of halogens is 2. The molecule has 5 heteroatoms. The summed E-state index contributed by atoms with van der Waals surface area (Å²) in [6.07, 6.45) is 1.82. The number of nitrogens with two attached hydrogens (primary N) is 1. The van der Waals surface area contributed by atoms with Crippen molar-refractivity contribution in [2.24, 2.45) is 11.7 Å². The molecule has 0 fully saturated rings. The van der Waals surface area contributed by atoms with Crippen molar-refractivity contribution in [3.63, 3.8) is 0 Å². The van der Waals surface area contributed by atoms with Gasteiger partial charge in [-0.05, 0) is 57.3 Å². The van der Waals surface area contributed by atoms with Gasteiger partial charge in [0.1, 0.15) is 5.82 Å². The van der Waals surface area contributed by atoms with Gasteiger partial charge < -0.3 is 10.6 Å². The number of rotatable bonds is 5. The van der Waals surface area contributed by atoms with Crippen LogP contribution in [0.25, 0.3) is 0 Å². The van der Waals surface area contributed by atoms with Crippen LogP contribution >= 0.6 is 31.9 Å². The maximum absolute atomic E-state index is 5.65. The van der Waals surface area contributed by atoms with E-state index in [2.05, 4.69) is 55.6 Å². The summed E-state index contributed by atoms with van der Waals surface area (Å²) in [6.45, 7) is 6.83. The van der Waals surface area contributed by atoms with Crippen LogP contribution in [0.4, 0.5) is 5.82 Å². The highest BCUT2D eigenvalue weighted by atomic mass is 79.9. The molecule has 1 heterocycles. The molecule has 0 aliphatic heterocycles. The minimum absolute atomic E-state index is 0.470. The van der Waals surface area contributed by atoms with Crippen LogP contribution in [0.5, 0.6) is 0 Å². The maximum Gasteiger partial charge on any atom is 0.142 e. The van der Waals surface area contributed by atoms with Gasteiger partial charge in [0.15, 0.2) is 0 Å². The number of pyridine rings is 1. The lowest BCUT2D eigenvalue weighted by Gasteiger charge is -2.25. The quantitative estimate of drug-likeness (QED) is 0.887. The van der Waals surface area contributed by atoms with E-state index in [1.165, 1.54) is 0 Å². The lowest BCUT2D eigenvalue weighted by molar-refractivity contribution is 0.572. The highest BCUT2D eigenvalue weighted by molar-refractivity contribution is 9.11. The Bertz CT molecular complexity index is 344. The van der Waals surface area contributed by atoms with Gasteiger partial charge in [-0.25, -0.2) is 4.98 Å². The molecule has 0 saturated carbocycles. The van der Waals surface area contributed by atoms with E-state index >= 15 is 0 Å². The van der Waals surface area contributed by atoms with E-state index in [4.69, 9.17) is 5.73 Å². The third kappa shape index (κ3) is 3.71. The van der Waals surface area contributed by atoms with Gasteiger partial charge in [0.2, 0.25) is 0 Å². The Morgan fingerprint density at radius 1 is 1.50 bits per heavy atom. The lowest BCUT2D eigenvalue weighted by atomic mass is 10.1. The van der Waals surface area contributed by atoms with Crippen molar-refractivity contribution in [1.82, 2.24) is 4.98 Å². The molecule has 0 radical (unpaired) electrons. The molecule has 1 aromatic heterocycles. The largest absolute Gasteiger partial charge is 0.356 e. The van der Waals surface area contributed by atoms with E-state index in [9.17, 15) is 0 Å². The molecule has 90 valence electrons. The smallest absolute Gasteiger partial charge is 0.142 e. The van der Waals surface area contributed by atoms with Crippen molar-refractivity contribution in [2.45, 2.75) is 13.8 Å². The Morgan fingerprint density at radius 2 is 2.19 bits per heavy atom. The van der Waals surface area contributed by atoms with E-state index in [-0.39, 0.29) is 0 Å². The Hall–Kier alpha value is -0.130. The molecule has 2 N–H and O–H groups in total. The first-order valence-corrected chi connectivity index (χ1v) is 6.93. The van der Waals surface area contributed by atoms with Gasteiger partial charge in [-0.15, -0.1) is 0 Å². The van der Waals surface area contributed by atoms with Crippen LogP contribution in [0.15, 0.2) is 21.2 Å². The van der Waals surface area contributed by atoms with Crippen LogP contribution in [0.2, 0.25) is 0 Å². The molecule has 1 unspecified atom stereocenters. The fraction of sp³-hybridized carbons (Fsp3) is 0.545. The molecule has 0 aliphatic rings. The molecular formula is C11H17Br2N3. The van der Waals surface area contributed by atoms with E-state index in [0.717, 1.165) is 27.9 Å². The Morgan fingerprint density at radius 3 is 2.69 bits per heavy atom. The topological polar surface area (TPSA) is 42.1 Å². The molecule has 1 atom stereocenters. The standard InChI is InChI=1S/C11H17Br2N3/c1-3-16(7-8(2)5-14)11-10(13)4-9(12)6-15-11/h4,6,8H,3,5,7,14H2,1-2H3. The van der Waals surface area contributed by atoms with Crippen molar-refractivity contribution in [2.75, 3.05) is 24.5 Å². The predicted octanol–water partition coefficient (Wildman–Crippen LogP) is 3.03. The summed E-state index contributed by atoms with van der Waals surface area (Å²) in [6, 6.07) is 2.01. The van der Waals surface area contributed by atoms with E-state index < -0.39 is 0 Å². The van der Waals surface area contributed by atoms with Gasteiger partial charge >= 0.3 is 0 Å². The Kier molecular flexibility index (Phi) is 5.72. The predicted molar refractivity (Wildman–Crippen MR) is 75.7 cm³/mol. The van der Waals surface area contributed by atoms with Gasteiger partial charge in [0, 0.05) is 23.8 Å². The number of nitrogens with zero attached hydrogens (tertiary/aromatic N) is 2. The van der Waals surface area contributed by atoms with Crippen LogP contribution in [0.1, 0.15) is 13.8 Å². The van der Waals surface area contributed by atoms with Gasteiger partial charge in [0.05, 0.1) is 4.47 Å². The molecule has 0 bridgehead atoms. The first-order chi connectivity index (χ1) is 7.58. The third-order valence-corrected chi connectivity index (χ3v) is 3.42. The molecule has 3 nitrogen and oxygen atoms in total. The van der Waals surface area contributed by atoms with Crippen LogP contribution in [0.3, 0.4) is 0 Å². The minimum Gasteiger partial charge on any atom is -0.356 e. The summed E-state index contributed by atoms with van der Waals surface area (Å²) in [7, 11) is 0. The van der Waals surface area contributed by atoms with E-state index in [0.29, 0.717) is 12.5 Å². The zero-order valence-electron chi connectivity index (χ0n) is 9.58. The highest BCUT2D eigenvalue weighted by Crippen LogP contribution is 2.27. The molecule has 0 aromatic carbocycles. The molecular weight excluding hydrogens is 334 g/mol.